The van der Waals surface area contributed by atoms with Crippen molar-refractivity contribution in [1.82, 2.24) is 5.32 Å². The lowest BCUT2D eigenvalue weighted by atomic mass is 10.0. The molecule has 0 aliphatic carbocycles. The van der Waals surface area contributed by atoms with Crippen LogP contribution in [0.1, 0.15) is 39.2 Å². The van der Waals surface area contributed by atoms with Gasteiger partial charge in [0.25, 0.3) is 0 Å². The first-order valence-corrected chi connectivity index (χ1v) is 8.00. The van der Waals surface area contributed by atoms with Crippen molar-refractivity contribution >= 4 is 12.1 Å². The third kappa shape index (κ3) is 7.74. The number of nitrogens with one attached hydrogen (secondary N) is 1. The van der Waals surface area contributed by atoms with E-state index in [4.69, 9.17) is 4.84 Å². The lowest BCUT2D eigenvalue weighted by Gasteiger charge is -2.11. The van der Waals surface area contributed by atoms with E-state index in [1.807, 2.05) is 19.9 Å². The summed E-state index contributed by atoms with van der Waals surface area (Å²) in [4.78, 5) is 15.9. The van der Waals surface area contributed by atoms with Crippen LogP contribution in [-0.4, -0.2) is 18.7 Å². The van der Waals surface area contributed by atoms with Crippen LogP contribution >= 0.6 is 0 Å². The number of hydrogen-bond donors (Lipinski definition) is 1. The Morgan fingerprint density at radius 3 is 2.68 bits per heavy atom. The Bertz CT molecular complexity index is 669. The maximum Gasteiger partial charge on any atom is 0.211 e. The second-order valence-electron chi connectivity index (χ2n) is 5.98. The molecule has 0 saturated heterocycles. The van der Waals surface area contributed by atoms with Gasteiger partial charge in [-0.25, -0.2) is 8.78 Å². The molecule has 1 N–H and O–H groups in total. The van der Waals surface area contributed by atoms with E-state index < -0.39 is 11.6 Å². The van der Waals surface area contributed by atoms with Gasteiger partial charge in [-0.1, -0.05) is 23.7 Å². The second-order valence-corrected chi connectivity index (χ2v) is 5.98. The highest BCUT2D eigenvalue weighted by Gasteiger charge is 2.06. The van der Waals surface area contributed by atoms with E-state index in [-0.39, 0.29) is 12.5 Å². The van der Waals surface area contributed by atoms with Crippen molar-refractivity contribution in [2.24, 2.45) is 11.1 Å². The van der Waals surface area contributed by atoms with Crippen molar-refractivity contribution in [2.75, 3.05) is 6.61 Å². The highest BCUT2D eigenvalue weighted by Crippen LogP contribution is 2.13. The van der Waals surface area contributed by atoms with Crippen LogP contribution in [0.4, 0.5) is 8.78 Å². The van der Waals surface area contributed by atoms with E-state index in [1.165, 1.54) is 6.07 Å². The Hall–Kier alpha value is -2.50. The molecule has 0 heterocycles. The number of allylic oxidation sites excluding steroid dienone is 2. The van der Waals surface area contributed by atoms with Crippen LogP contribution in [0.25, 0.3) is 0 Å². The first-order valence-electron chi connectivity index (χ1n) is 8.00. The fourth-order valence-corrected chi connectivity index (χ4v) is 2.30. The first-order chi connectivity index (χ1) is 11.8. The van der Waals surface area contributed by atoms with Gasteiger partial charge in [-0.05, 0) is 44.4 Å². The zero-order chi connectivity index (χ0) is 18.8. The summed E-state index contributed by atoms with van der Waals surface area (Å²) in [7, 11) is 0. The Labute approximate surface area is 147 Å². The van der Waals surface area contributed by atoms with Crippen molar-refractivity contribution in [3.05, 3.63) is 59.3 Å². The zero-order valence-electron chi connectivity index (χ0n) is 14.8. The van der Waals surface area contributed by atoms with Crippen LogP contribution in [0.3, 0.4) is 0 Å². The van der Waals surface area contributed by atoms with Crippen LogP contribution in [0.2, 0.25) is 0 Å². The molecule has 1 aromatic rings. The van der Waals surface area contributed by atoms with Crippen LogP contribution < -0.4 is 5.32 Å². The van der Waals surface area contributed by atoms with Crippen LogP contribution in [0.5, 0.6) is 0 Å². The molecule has 1 aromatic carbocycles. The molecule has 0 aliphatic heterocycles. The lowest BCUT2D eigenvalue weighted by Crippen LogP contribution is -2.13. The van der Waals surface area contributed by atoms with Crippen LogP contribution in [-0.2, 0) is 9.63 Å². The van der Waals surface area contributed by atoms with Gasteiger partial charge in [0.2, 0.25) is 6.41 Å². The van der Waals surface area contributed by atoms with Crippen LogP contribution in [0, 0.1) is 17.6 Å². The summed E-state index contributed by atoms with van der Waals surface area (Å²) in [6.07, 6.45) is 3.87. The Morgan fingerprint density at radius 1 is 1.36 bits per heavy atom. The predicted molar refractivity (Wildman–Crippen MR) is 95.0 cm³/mol. The molecule has 6 heteroatoms. The monoisotopic (exact) mass is 350 g/mol. The first kappa shape index (κ1) is 20.5. The molecule has 1 rings (SSSR count). The maximum absolute atomic E-state index is 13.2. The van der Waals surface area contributed by atoms with Gasteiger partial charge in [-0.3, -0.25) is 4.79 Å². The minimum Gasteiger partial charge on any atom is -0.395 e. The summed E-state index contributed by atoms with van der Waals surface area (Å²) in [5, 5.41) is 6.55. The largest absolute Gasteiger partial charge is 0.395 e. The minimum atomic E-state index is -0.932. The fourth-order valence-electron chi connectivity index (χ4n) is 2.30. The predicted octanol–water partition coefficient (Wildman–Crippen LogP) is 4.33. The number of oxime groups is 1. The SMILES string of the molecule is C=C(C)C[C@@H](C)/C=C(\CCON=C(C)c1ccc(F)c(F)c1)NC=O. The Kier molecular flexibility index (Phi) is 8.53. The number of rotatable bonds is 10. The maximum atomic E-state index is 13.2. The molecule has 25 heavy (non-hydrogen) atoms. The van der Waals surface area contributed by atoms with E-state index in [1.54, 1.807) is 6.92 Å². The van der Waals surface area contributed by atoms with E-state index in [0.29, 0.717) is 24.1 Å². The van der Waals surface area contributed by atoms with Crippen molar-refractivity contribution in [3.8, 4) is 0 Å². The lowest BCUT2D eigenvalue weighted by molar-refractivity contribution is -0.109. The van der Waals surface area contributed by atoms with Crippen molar-refractivity contribution < 1.29 is 18.4 Å². The highest BCUT2D eigenvalue weighted by molar-refractivity contribution is 5.98. The molecule has 4 nitrogen and oxygen atoms in total. The molecule has 1 atom stereocenters. The number of carbonyl (C=O) groups excluding carboxylic acids is 1. The molecular weight excluding hydrogens is 326 g/mol. The molecule has 0 unspecified atom stereocenters. The number of nitrogens with zero attached hydrogens (tertiary/aromatic N) is 1. The van der Waals surface area contributed by atoms with Gasteiger partial charge in [0.05, 0.1) is 5.71 Å². The molecule has 1 amide bonds. The van der Waals surface area contributed by atoms with E-state index in [9.17, 15) is 13.6 Å². The summed E-state index contributed by atoms with van der Waals surface area (Å²) in [6.45, 7) is 9.75. The summed E-state index contributed by atoms with van der Waals surface area (Å²) < 4.78 is 26.1. The van der Waals surface area contributed by atoms with E-state index in [2.05, 4.69) is 17.1 Å². The second kappa shape index (κ2) is 10.4. The Balaban J connectivity index is 2.59. The fraction of sp³-hybridized carbons (Fsp3) is 0.368. The molecule has 0 saturated carbocycles. The molecule has 136 valence electrons. The van der Waals surface area contributed by atoms with Gasteiger partial charge in [0.1, 0.15) is 6.61 Å². The van der Waals surface area contributed by atoms with E-state index >= 15 is 0 Å². The number of benzene rings is 1. The normalized spacial score (nSPS) is 13.3. The molecule has 0 aliphatic rings. The van der Waals surface area contributed by atoms with E-state index in [0.717, 1.165) is 29.8 Å². The summed E-state index contributed by atoms with van der Waals surface area (Å²) in [6, 6.07) is 3.54. The molecule has 0 aromatic heterocycles. The number of amides is 1. The van der Waals surface area contributed by atoms with Gasteiger partial charge in [0.15, 0.2) is 11.6 Å². The quantitative estimate of drug-likeness (QED) is 0.224. The van der Waals surface area contributed by atoms with Crippen molar-refractivity contribution in [3.63, 3.8) is 0 Å². The third-order valence-corrected chi connectivity index (χ3v) is 3.40. The average molecular weight is 350 g/mol. The molecule has 0 spiro atoms. The summed E-state index contributed by atoms with van der Waals surface area (Å²) in [5.74, 6) is -1.60. The van der Waals surface area contributed by atoms with Crippen molar-refractivity contribution in [2.45, 2.75) is 33.6 Å². The van der Waals surface area contributed by atoms with Crippen molar-refractivity contribution in [1.29, 1.82) is 0 Å². The van der Waals surface area contributed by atoms with Gasteiger partial charge in [0, 0.05) is 17.7 Å². The molecular formula is C19H24F2N2O2. The average Bonchev–Trinajstić information content (AvgIpc) is 2.53. The Morgan fingerprint density at radius 2 is 2.08 bits per heavy atom. The molecule has 0 bridgehead atoms. The van der Waals surface area contributed by atoms with Gasteiger partial charge in [-0.15, -0.1) is 6.58 Å². The van der Waals surface area contributed by atoms with Gasteiger partial charge >= 0.3 is 0 Å². The third-order valence-electron chi connectivity index (χ3n) is 3.40. The van der Waals surface area contributed by atoms with Gasteiger partial charge in [-0.2, -0.15) is 0 Å². The number of halogens is 2. The number of carbonyl (C=O) groups is 1. The molecule has 0 fully saturated rings. The highest BCUT2D eigenvalue weighted by atomic mass is 19.2. The van der Waals surface area contributed by atoms with Crippen LogP contribution in [0.15, 0.2) is 47.3 Å². The standard InChI is InChI=1S/C19H24F2N2O2/c1-13(2)9-14(3)10-17(22-12-24)7-8-25-23-15(4)16-5-6-18(20)19(21)11-16/h5-6,10-12,14H,1,7-9H2,2-4H3,(H,22,24)/b17-10+,23-15?/t14-/m1/s1. The number of hydrogen-bond acceptors (Lipinski definition) is 3. The smallest absolute Gasteiger partial charge is 0.211 e. The zero-order valence-corrected chi connectivity index (χ0v) is 14.8. The van der Waals surface area contributed by atoms with Gasteiger partial charge < -0.3 is 10.2 Å². The minimum absolute atomic E-state index is 0.243. The topological polar surface area (TPSA) is 50.7 Å². The summed E-state index contributed by atoms with van der Waals surface area (Å²) >= 11 is 0. The summed E-state index contributed by atoms with van der Waals surface area (Å²) in [5.41, 5.74) is 2.68. The molecule has 0 radical (unpaired) electrons.